The minimum atomic E-state index is -0.433. The first kappa shape index (κ1) is 16.4. The molecule has 0 saturated carbocycles. The molecule has 1 aromatic heterocycles. The molecule has 3 rings (SSSR count). The number of hydrogen-bond donors (Lipinski definition) is 1. The van der Waals surface area contributed by atoms with Gasteiger partial charge in [0.05, 0.1) is 0 Å². The Morgan fingerprint density at radius 2 is 2.00 bits per heavy atom. The van der Waals surface area contributed by atoms with Gasteiger partial charge < -0.3 is 14.6 Å². The molecule has 0 bridgehead atoms. The normalized spacial score (nSPS) is 16.8. The minimum Gasteiger partial charge on any atom is -0.444 e. The Labute approximate surface area is 145 Å². The number of likely N-dealkylation sites (tertiary alicyclic amines) is 1. The number of benzene rings is 1. The Morgan fingerprint density at radius 3 is 2.61 bits per heavy atom. The molecular weight excluding hydrogens is 356 g/mol. The quantitative estimate of drug-likeness (QED) is 0.754. The first-order valence-electron chi connectivity index (χ1n) is 8.08. The van der Waals surface area contributed by atoms with Gasteiger partial charge in [-0.25, -0.2) is 4.79 Å². The van der Waals surface area contributed by atoms with Gasteiger partial charge in [0.2, 0.25) is 0 Å². The summed E-state index contributed by atoms with van der Waals surface area (Å²) < 4.78 is 6.57. The van der Waals surface area contributed by atoms with E-state index in [1.165, 1.54) is 11.1 Å². The molecule has 1 aliphatic rings. The van der Waals surface area contributed by atoms with E-state index < -0.39 is 5.60 Å². The Hall–Kier alpha value is -1.49. The molecule has 2 aromatic rings. The van der Waals surface area contributed by atoms with Crippen molar-refractivity contribution in [3.63, 3.8) is 0 Å². The van der Waals surface area contributed by atoms with E-state index in [2.05, 4.69) is 39.1 Å². The molecule has 0 atom stereocenters. The van der Waals surface area contributed by atoms with E-state index in [0.29, 0.717) is 5.92 Å². The van der Waals surface area contributed by atoms with Crippen molar-refractivity contribution < 1.29 is 9.53 Å². The predicted octanol–water partition coefficient (Wildman–Crippen LogP) is 5.04. The molecule has 23 heavy (non-hydrogen) atoms. The van der Waals surface area contributed by atoms with Crippen LogP contribution in [0.1, 0.15) is 45.2 Å². The zero-order valence-electron chi connectivity index (χ0n) is 13.9. The lowest BCUT2D eigenvalue weighted by Gasteiger charge is -2.33. The molecule has 1 fully saturated rings. The smallest absolute Gasteiger partial charge is 0.410 e. The highest BCUT2D eigenvalue weighted by Gasteiger charge is 2.28. The Bertz CT molecular complexity index is 709. The van der Waals surface area contributed by atoms with Gasteiger partial charge in [-0.1, -0.05) is 22.0 Å². The van der Waals surface area contributed by atoms with Gasteiger partial charge in [-0.3, -0.25) is 0 Å². The molecule has 0 radical (unpaired) electrons. The summed E-state index contributed by atoms with van der Waals surface area (Å²) in [7, 11) is 0. The van der Waals surface area contributed by atoms with E-state index in [0.717, 1.165) is 35.9 Å². The fraction of sp³-hybridized carbons (Fsp3) is 0.500. The average molecular weight is 379 g/mol. The molecule has 1 aliphatic heterocycles. The zero-order valence-corrected chi connectivity index (χ0v) is 15.4. The Morgan fingerprint density at radius 1 is 1.30 bits per heavy atom. The Kier molecular flexibility index (Phi) is 4.41. The molecular formula is C18H23BrN2O2. The van der Waals surface area contributed by atoms with Crippen molar-refractivity contribution in [1.82, 2.24) is 9.88 Å². The summed E-state index contributed by atoms with van der Waals surface area (Å²) in [5.41, 5.74) is 1.98. The van der Waals surface area contributed by atoms with E-state index in [-0.39, 0.29) is 6.09 Å². The number of aromatic nitrogens is 1. The molecule has 1 aromatic carbocycles. The molecule has 1 saturated heterocycles. The molecule has 0 unspecified atom stereocenters. The third-order valence-corrected chi connectivity index (χ3v) is 4.91. The van der Waals surface area contributed by atoms with Crippen LogP contribution in [0.3, 0.4) is 0 Å². The van der Waals surface area contributed by atoms with Crippen molar-refractivity contribution in [2.75, 3.05) is 13.1 Å². The molecule has 0 spiro atoms. The van der Waals surface area contributed by atoms with Crippen LogP contribution in [0.15, 0.2) is 28.7 Å². The van der Waals surface area contributed by atoms with Crippen LogP contribution in [-0.4, -0.2) is 34.7 Å². The summed E-state index contributed by atoms with van der Waals surface area (Å²) in [5, 5.41) is 1.22. The number of piperidine rings is 1. The third-order valence-electron chi connectivity index (χ3n) is 4.22. The highest BCUT2D eigenvalue weighted by molar-refractivity contribution is 9.10. The van der Waals surface area contributed by atoms with E-state index >= 15 is 0 Å². The monoisotopic (exact) mass is 378 g/mol. The maximum atomic E-state index is 12.1. The molecule has 1 N–H and O–H groups in total. The molecule has 4 nitrogen and oxygen atoms in total. The second-order valence-electron chi connectivity index (χ2n) is 7.17. The molecule has 0 aliphatic carbocycles. The summed E-state index contributed by atoms with van der Waals surface area (Å²) in [4.78, 5) is 17.5. The second-order valence-corrected chi connectivity index (χ2v) is 8.02. The largest absolute Gasteiger partial charge is 0.444 e. The SMILES string of the molecule is CC(C)(C)OC(=O)N1CCC(c2cc3c(Br)cccc3[nH]2)CC1. The van der Waals surface area contributed by atoms with Crippen molar-refractivity contribution in [3.8, 4) is 0 Å². The number of rotatable bonds is 1. The van der Waals surface area contributed by atoms with Crippen LogP contribution >= 0.6 is 15.9 Å². The lowest BCUT2D eigenvalue weighted by atomic mass is 9.94. The number of aromatic amines is 1. The van der Waals surface area contributed by atoms with Crippen LogP contribution in [0.2, 0.25) is 0 Å². The number of amides is 1. The maximum absolute atomic E-state index is 12.1. The number of H-pyrrole nitrogens is 1. The van der Waals surface area contributed by atoms with Crippen LogP contribution in [0, 0.1) is 0 Å². The van der Waals surface area contributed by atoms with E-state index in [1.807, 2.05) is 31.7 Å². The van der Waals surface area contributed by atoms with Crippen molar-refractivity contribution in [3.05, 3.63) is 34.4 Å². The van der Waals surface area contributed by atoms with Crippen LogP contribution in [-0.2, 0) is 4.74 Å². The number of halogens is 1. The lowest BCUT2D eigenvalue weighted by molar-refractivity contribution is 0.0204. The van der Waals surface area contributed by atoms with Crippen LogP contribution < -0.4 is 0 Å². The third kappa shape index (κ3) is 3.71. The zero-order chi connectivity index (χ0) is 16.6. The van der Waals surface area contributed by atoms with E-state index in [4.69, 9.17) is 4.74 Å². The van der Waals surface area contributed by atoms with Gasteiger partial charge in [0, 0.05) is 40.1 Å². The number of hydrogen-bond acceptors (Lipinski definition) is 2. The first-order valence-corrected chi connectivity index (χ1v) is 8.88. The van der Waals surface area contributed by atoms with Gasteiger partial charge in [0.1, 0.15) is 5.60 Å². The van der Waals surface area contributed by atoms with Crippen molar-refractivity contribution in [2.24, 2.45) is 0 Å². The van der Waals surface area contributed by atoms with Crippen LogP contribution in [0.25, 0.3) is 10.9 Å². The predicted molar refractivity (Wildman–Crippen MR) is 95.8 cm³/mol. The summed E-state index contributed by atoms with van der Waals surface area (Å²) in [6.45, 7) is 7.20. The average Bonchev–Trinajstić information content (AvgIpc) is 2.91. The highest BCUT2D eigenvalue weighted by atomic mass is 79.9. The summed E-state index contributed by atoms with van der Waals surface area (Å²) in [6, 6.07) is 8.43. The Balaban J connectivity index is 1.66. The topological polar surface area (TPSA) is 45.3 Å². The van der Waals surface area contributed by atoms with Gasteiger partial charge in [-0.15, -0.1) is 0 Å². The van der Waals surface area contributed by atoms with Gasteiger partial charge >= 0.3 is 6.09 Å². The number of fused-ring (bicyclic) bond motifs is 1. The standard InChI is InChI=1S/C18H23BrN2O2/c1-18(2,3)23-17(22)21-9-7-12(8-10-21)16-11-13-14(19)5-4-6-15(13)20-16/h4-6,11-12,20H,7-10H2,1-3H3. The maximum Gasteiger partial charge on any atom is 0.410 e. The second kappa shape index (κ2) is 6.19. The van der Waals surface area contributed by atoms with E-state index in [9.17, 15) is 4.79 Å². The van der Waals surface area contributed by atoms with E-state index in [1.54, 1.807) is 0 Å². The van der Waals surface area contributed by atoms with Crippen molar-refractivity contribution >= 4 is 32.9 Å². The molecule has 2 heterocycles. The van der Waals surface area contributed by atoms with Crippen LogP contribution in [0.4, 0.5) is 4.79 Å². The lowest BCUT2D eigenvalue weighted by Crippen LogP contribution is -2.41. The number of ether oxygens (including phenoxy) is 1. The van der Waals surface area contributed by atoms with Gasteiger partial charge in [-0.2, -0.15) is 0 Å². The summed E-state index contributed by atoms with van der Waals surface area (Å²) in [5.74, 6) is 0.466. The highest BCUT2D eigenvalue weighted by Crippen LogP contribution is 2.32. The van der Waals surface area contributed by atoms with Crippen molar-refractivity contribution in [2.45, 2.75) is 45.1 Å². The fourth-order valence-electron chi connectivity index (χ4n) is 3.06. The number of nitrogens with one attached hydrogen (secondary N) is 1. The number of carbonyl (C=O) groups is 1. The number of carbonyl (C=O) groups excluding carboxylic acids is 1. The van der Waals surface area contributed by atoms with Gasteiger partial charge in [-0.05, 0) is 51.8 Å². The first-order chi connectivity index (χ1) is 10.8. The molecule has 1 amide bonds. The molecule has 5 heteroatoms. The van der Waals surface area contributed by atoms with Gasteiger partial charge in [0.15, 0.2) is 0 Å². The molecule has 124 valence electrons. The summed E-state index contributed by atoms with van der Waals surface area (Å²) in [6.07, 6.45) is 1.73. The van der Waals surface area contributed by atoms with Crippen LogP contribution in [0.5, 0.6) is 0 Å². The van der Waals surface area contributed by atoms with Crippen molar-refractivity contribution in [1.29, 1.82) is 0 Å². The van der Waals surface area contributed by atoms with Gasteiger partial charge in [0.25, 0.3) is 0 Å². The number of nitrogens with zero attached hydrogens (tertiary/aromatic N) is 1. The fourth-order valence-corrected chi connectivity index (χ4v) is 3.54. The minimum absolute atomic E-state index is 0.199. The summed E-state index contributed by atoms with van der Waals surface area (Å²) >= 11 is 3.60.